The highest BCUT2D eigenvalue weighted by Crippen LogP contribution is 2.33. The number of alkyl halides is 3. The second-order valence-corrected chi connectivity index (χ2v) is 4.43. The number of carbonyl (C=O) groups is 2. The van der Waals surface area contributed by atoms with E-state index in [1.54, 1.807) is 0 Å². The van der Waals surface area contributed by atoms with Crippen LogP contribution in [0.2, 0.25) is 0 Å². The molecule has 114 valence electrons. The van der Waals surface area contributed by atoms with Crippen molar-refractivity contribution < 1.29 is 22.8 Å². The predicted octanol–water partition coefficient (Wildman–Crippen LogP) is 3.73. The molecule has 0 saturated heterocycles. The smallest absolute Gasteiger partial charge is 0.351 e. The van der Waals surface area contributed by atoms with Gasteiger partial charge in [0.2, 0.25) is 0 Å². The van der Waals surface area contributed by atoms with Gasteiger partial charge in [0.05, 0.1) is 16.9 Å². The molecule has 0 aromatic heterocycles. The van der Waals surface area contributed by atoms with Crippen LogP contribution >= 0.6 is 0 Å². The summed E-state index contributed by atoms with van der Waals surface area (Å²) in [6.45, 7) is 0. The molecule has 2 rings (SSSR count). The van der Waals surface area contributed by atoms with Crippen LogP contribution in [0.1, 0.15) is 15.9 Å². The molecular formula is C15H11F3N2O2. The topological polar surface area (TPSA) is 63.4 Å². The van der Waals surface area contributed by atoms with E-state index < -0.39 is 17.8 Å². The van der Waals surface area contributed by atoms with Crippen LogP contribution in [0.5, 0.6) is 0 Å². The van der Waals surface area contributed by atoms with Gasteiger partial charge in [-0.1, -0.05) is 18.2 Å². The lowest BCUT2D eigenvalue weighted by molar-refractivity contribution is -0.137. The molecule has 0 atom stereocenters. The zero-order valence-corrected chi connectivity index (χ0v) is 11.2. The van der Waals surface area contributed by atoms with Crippen molar-refractivity contribution in [2.75, 3.05) is 4.90 Å². The van der Waals surface area contributed by atoms with Crippen molar-refractivity contribution in [2.24, 2.45) is 5.73 Å². The number of rotatable bonds is 3. The molecule has 0 aliphatic carbocycles. The first-order valence-electron chi connectivity index (χ1n) is 6.15. The molecule has 0 radical (unpaired) electrons. The van der Waals surface area contributed by atoms with Crippen LogP contribution in [0.4, 0.5) is 29.3 Å². The number of aldehydes is 1. The number of benzene rings is 2. The maximum absolute atomic E-state index is 12.8. The largest absolute Gasteiger partial charge is 0.416 e. The van der Waals surface area contributed by atoms with Gasteiger partial charge in [0.25, 0.3) is 0 Å². The summed E-state index contributed by atoms with van der Waals surface area (Å²) >= 11 is 0. The first-order valence-corrected chi connectivity index (χ1v) is 6.15. The Labute approximate surface area is 124 Å². The van der Waals surface area contributed by atoms with Gasteiger partial charge < -0.3 is 5.73 Å². The summed E-state index contributed by atoms with van der Waals surface area (Å²) in [5.74, 6) is 0. The summed E-state index contributed by atoms with van der Waals surface area (Å²) in [6, 6.07) is 9.09. The van der Waals surface area contributed by atoms with Crippen molar-refractivity contribution in [3.05, 3.63) is 59.7 Å². The van der Waals surface area contributed by atoms with Gasteiger partial charge >= 0.3 is 12.2 Å². The quantitative estimate of drug-likeness (QED) is 0.878. The van der Waals surface area contributed by atoms with E-state index in [-0.39, 0.29) is 16.9 Å². The minimum absolute atomic E-state index is 0.0367. The minimum atomic E-state index is -4.54. The third-order valence-electron chi connectivity index (χ3n) is 2.92. The summed E-state index contributed by atoms with van der Waals surface area (Å²) in [5, 5.41) is 0. The van der Waals surface area contributed by atoms with Gasteiger partial charge in [-0.3, -0.25) is 9.69 Å². The predicted molar refractivity (Wildman–Crippen MR) is 75.0 cm³/mol. The average Bonchev–Trinajstić information content (AvgIpc) is 2.47. The second kappa shape index (κ2) is 5.88. The van der Waals surface area contributed by atoms with E-state index in [2.05, 4.69) is 0 Å². The number of halogens is 3. The van der Waals surface area contributed by atoms with Gasteiger partial charge in [-0.15, -0.1) is 0 Å². The fraction of sp³-hybridized carbons (Fsp3) is 0.0667. The molecule has 0 heterocycles. The first kappa shape index (κ1) is 15.6. The van der Waals surface area contributed by atoms with E-state index in [0.717, 1.165) is 17.0 Å². The van der Waals surface area contributed by atoms with E-state index >= 15 is 0 Å². The summed E-state index contributed by atoms with van der Waals surface area (Å²) in [5.41, 5.74) is 4.81. The number of primary amides is 1. The number of carbonyl (C=O) groups excluding carboxylic acids is 2. The van der Waals surface area contributed by atoms with Gasteiger partial charge in [-0.25, -0.2) is 4.79 Å². The van der Waals surface area contributed by atoms with Crippen molar-refractivity contribution in [3.8, 4) is 0 Å². The Balaban J connectivity index is 2.53. The number of hydrogen-bond acceptors (Lipinski definition) is 2. The van der Waals surface area contributed by atoms with Gasteiger partial charge in [0.1, 0.15) is 6.29 Å². The highest BCUT2D eigenvalue weighted by molar-refractivity contribution is 5.99. The van der Waals surface area contributed by atoms with E-state index in [9.17, 15) is 22.8 Å². The molecule has 7 heteroatoms. The van der Waals surface area contributed by atoms with E-state index in [1.165, 1.54) is 36.4 Å². The second-order valence-electron chi connectivity index (χ2n) is 4.43. The fourth-order valence-corrected chi connectivity index (χ4v) is 1.96. The molecule has 2 aromatic carbocycles. The fourth-order valence-electron chi connectivity index (χ4n) is 1.96. The SMILES string of the molecule is NC(=O)N(c1cccc(C=O)c1)c1cccc(C(F)(F)F)c1. The molecule has 22 heavy (non-hydrogen) atoms. The number of anilines is 2. The maximum Gasteiger partial charge on any atom is 0.416 e. The Bertz CT molecular complexity index is 714. The van der Waals surface area contributed by atoms with Crippen LogP contribution in [0.25, 0.3) is 0 Å². The molecule has 4 nitrogen and oxygen atoms in total. The molecule has 2 aromatic rings. The molecule has 0 saturated carbocycles. The van der Waals surface area contributed by atoms with Crippen molar-refractivity contribution in [1.82, 2.24) is 0 Å². The van der Waals surface area contributed by atoms with Crippen LogP contribution in [-0.4, -0.2) is 12.3 Å². The molecular weight excluding hydrogens is 297 g/mol. The first-order chi connectivity index (χ1) is 10.3. The van der Waals surface area contributed by atoms with Crippen molar-refractivity contribution in [1.29, 1.82) is 0 Å². The molecule has 0 aliphatic heterocycles. The minimum Gasteiger partial charge on any atom is -0.351 e. The van der Waals surface area contributed by atoms with Gasteiger partial charge in [0, 0.05) is 5.56 Å². The lowest BCUT2D eigenvalue weighted by atomic mass is 10.1. The molecule has 0 spiro atoms. The van der Waals surface area contributed by atoms with E-state index in [1.807, 2.05) is 0 Å². The van der Waals surface area contributed by atoms with Gasteiger partial charge in [-0.05, 0) is 30.3 Å². The zero-order valence-electron chi connectivity index (χ0n) is 11.2. The molecule has 2 N–H and O–H groups in total. The molecule has 2 amide bonds. The summed E-state index contributed by atoms with van der Waals surface area (Å²) in [7, 11) is 0. The standard InChI is InChI=1S/C15H11F3N2O2/c16-15(17,18)11-4-2-6-13(8-11)20(14(19)22)12-5-1-3-10(7-12)9-21/h1-9H,(H2,19,22). The maximum atomic E-state index is 12.8. The third kappa shape index (κ3) is 3.25. The summed E-state index contributed by atoms with van der Waals surface area (Å²) in [6.07, 6.45) is -3.97. The normalized spacial score (nSPS) is 11.0. The van der Waals surface area contributed by atoms with Crippen LogP contribution in [0.3, 0.4) is 0 Å². The zero-order chi connectivity index (χ0) is 16.3. The molecule has 0 fully saturated rings. The van der Waals surface area contributed by atoms with Crippen molar-refractivity contribution in [3.63, 3.8) is 0 Å². The summed E-state index contributed by atoms with van der Waals surface area (Å²) in [4.78, 5) is 23.3. The lowest BCUT2D eigenvalue weighted by Crippen LogP contribution is -2.31. The Kier molecular flexibility index (Phi) is 4.16. The lowest BCUT2D eigenvalue weighted by Gasteiger charge is -2.22. The van der Waals surface area contributed by atoms with E-state index in [0.29, 0.717) is 6.29 Å². The van der Waals surface area contributed by atoms with Crippen LogP contribution in [0.15, 0.2) is 48.5 Å². The third-order valence-corrected chi connectivity index (χ3v) is 2.92. The monoisotopic (exact) mass is 308 g/mol. The number of hydrogen-bond donors (Lipinski definition) is 1. The highest BCUT2D eigenvalue weighted by atomic mass is 19.4. The number of nitrogens with two attached hydrogens (primary N) is 1. The number of nitrogens with zero attached hydrogens (tertiary/aromatic N) is 1. The van der Waals surface area contributed by atoms with Gasteiger partial charge in [-0.2, -0.15) is 13.2 Å². The molecule has 0 bridgehead atoms. The Morgan fingerprint density at radius 1 is 1.05 bits per heavy atom. The number of amides is 2. The van der Waals surface area contributed by atoms with Gasteiger partial charge in [0.15, 0.2) is 0 Å². The van der Waals surface area contributed by atoms with E-state index in [4.69, 9.17) is 5.73 Å². The molecule has 0 aliphatic rings. The Hall–Kier alpha value is -2.83. The van der Waals surface area contributed by atoms with Crippen molar-refractivity contribution in [2.45, 2.75) is 6.18 Å². The van der Waals surface area contributed by atoms with Crippen LogP contribution in [-0.2, 0) is 6.18 Å². The Morgan fingerprint density at radius 3 is 2.18 bits per heavy atom. The Morgan fingerprint density at radius 2 is 1.64 bits per heavy atom. The molecule has 0 unspecified atom stereocenters. The van der Waals surface area contributed by atoms with Crippen LogP contribution < -0.4 is 10.6 Å². The van der Waals surface area contributed by atoms with Crippen molar-refractivity contribution >= 4 is 23.7 Å². The summed E-state index contributed by atoms with van der Waals surface area (Å²) < 4.78 is 38.3. The number of urea groups is 1. The average molecular weight is 308 g/mol. The highest BCUT2D eigenvalue weighted by Gasteiger charge is 2.31. The van der Waals surface area contributed by atoms with Crippen LogP contribution in [0, 0.1) is 0 Å².